The summed E-state index contributed by atoms with van der Waals surface area (Å²) in [5.41, 5.74) is 2.77. The lowest BCUT2D eigenvalue weighted by atomic mass is 9.93. The molecule has 0 spiro atoms. The van der Waals surface area contributed by atoms with E-state index in [9.17, 15) is 0 Å². The number of hydrogen-bond acceptors (Lipinski definition) is 1. The standard InChI is InChI=1S/C15H21N3.HI/c1-2-16-15(17-13-7-5-8-13)18-11-10-12-6-3-4-9-14(12)18;/h3-4,6,9,13H,2,5,7-8,10-11H2,1H3,(H,16,17);1H. The Kier molecular flexibility index (Phi) is 5.07. The number of halogens is 1. The molecule has 1 aliphatic carbocycles. The number of guanidine groups is 1. The lowest BCUT2D eigenvalue weighted by Gasteiger charge is -2.32. The Morgan fingerprint density at radius 1 is 1.37 bits per heavy atom. The molecule has 1 aromatic carbocycles. The smallest absolute Gasteiger partial charge is 0.198 e. The second-order valence-corrected chi connectivity index (χ2v) is 5.10. The van der Waals surface area contributed by atoms with Gasteiger partial charge in [-0.05, 0) is 44.2 Å². The van der Waals surface area contributed by atoms with Crippen LogP contribution in [0.5, 0.6) is 0 Å². The molecule has 0 radical (unpaired) electrons. The van der Waals surface area contributed by atoms with Crippen molar-refractivity contribution in [3.05, 3.63) is 29.8 Å². The lowest BCUT2D eigenvalue weighted by molar-refractivity contribution is 0.381. The molecule has 1 aromatic rings. The number of rotatable bonds is 2. The van der Waals surface area contributed by atoms with Crippen molar-refractivity contribution in [2.24, 2.45) is 4.99 Å². The highest BCUT2D eigenvalue weighted by Gasteiger charge is 2.26. The van der Waals surface area contributed by atoms with E-state index in [0.29, 0.717) is 6.04 Å². The van der Waals surface area contributed by atoms with Crippen molar-refractivity contribution in [1.82, 2.24) is 5.32 Å². The summed E-state index contributed by atoms with van der Waals surface area (Å²) in [4.78, 5) is 7.00. The maximum atomic E-state index is 4.66. The maximum Gasteiger partial charge on any atom is 0.198 e. The minimum Gasteiger partial charge on any atom is -0.353 e. The third-order valence-corrected chi connectivity index (χ3v) is 3.89. The summed E-state index contributed by atoms with van der Waals surface area (Å²) in [7, 11) is 0. The molecular formula is C15H22IN3. The second-order valence-electron chi connectivity index (χ2n) is 5.10. The van der Waals surface area contributed by atoms with E-state index in [1.807, 2.05) is 0 Å². The van der Waals surface area contributed by atoms with Crippen LogP contribution < -0.4 is 10.2 Å². The Morgan fingerprint density at radius 2 is 2.16 bits per heavy atom. The van der Waals surface area contributed by atoms with Crippen molar-refractivity contribution in [2.45, 2.75) is 38.6 Å². The highest BCUT2D eigenvalue weighted by molar-refractivity contribution is 14.0. The lowest BCUT2D eigenvalue weighted by Crippen LogP contribution is -2.48. The van der Waals surface area contributed by atoms with Crippen molar-refractivity contribution >= 4 is 35.6 Å². The number of hydrogen-bond donors (Lipinski definition) is 1. The summed E-state index contributed by atoms with van der Waals surface area (Å²) in [5.74, 6) is 1.08. The molecule has 1 fully saturated rings. The average Bonchev–Trinajstić information content (AvgIpc) is 2.76. The van der Waals surface area contributed by atoms with E-state index in [-0.39, 0.29) is 24.0 Å². The quantitative estimate of drug-likeness (QED) is 0.491. The van der Waals surface area contributed by atoms with Crippen LogP contribution in [0.4, 0.5) is 5.69 Å². The molecule has 3 rings (SSSR count). The van der Waals surface area contributed by atoms with Crippen molar-refractivity contribution in [2.75, 3.05) is 18.0 Å². The van der Waals surface area contributed by atoms with Crippen LogP contribution in [-0.4, -0.2) is 25.1 Å². The monoisotopic (exact) mass is 371 g/mol. The molecule has 1 aliphatic heterocycles. The van der Waals surface area contributed by atoms with Crippen LogP contribution in [0.3, 0.4) is 0 Å². The Morgan fingerprint density at radius 3 is 2.84 bits per heavy atom. The minimum absolute atomic E-state index is 0. The molecule has 19 heavy (non-hydrogen) atoms. The summed E-state index contributed by atoms with van der Waals surface area (Å²) in [6, 6.07) is 9.31. The van der Waals surface area contributed by atoms with E-state index in [0.717, 1.165) is 25.5 Å². The van der Waals surface area contributed by atoms with Gasteiger partial charge in [-0.1, -0.05) is 18.2 Å². The molecule has 0 bridgehead atoms. The topological polar surface area (TPSA) is 27.6 Å². The Bertz CT molecular complexity index is 454. The molecule has 1 heterocycles. The molecule has 4 heteroatoms. The third kappa shape index (κ3) is 3.04. The van der Waals surface area contributed by atoms with Gasteiger partial charge in [-0.25, -0.2) is 0 Å². The Labute approximate surface area is 132 Å². The number of aliphatic imine (C=N–C) groups is 1. The van der Waals surface area contributed by atoms with E-state index >= 15 is 0 Å². The SMILES string of the molecule is CCN=C(NC1CCC1)N1CCc2ccccc21.I. The third-order valence-electron chi connectivity index (χ3n) is 3.89. The van der Waals surface area contributed by atoms with E-state index < -0.39 is 0 Å². The molecule has 104 valence electrons. The first kappa shape index (κ1) is 14.6. The zero-order valence-corrected chi connectivity index (χ0v) is 13.8. The molecule has 0 atom stereocenters. The molecule has 0 saturated heterocycles. The zero-order chi connectivity index (χ0) is 12.4. The largest absolute Gasteiger partial charge is 0.353 e. The van der Waals surface area contributed by atoms with Crippen LogP contribution in [0.25, 0.3) is 0 Å². The molecule has 3 nitrogen and oxygen atoms in total. The highest BCUT2D eigenvalue weighted by atomic mass is 127. The molecular weight excluding hydrogens is 349 g/mol. The van der Waals surface area contributed by atoms with Crippen molar-refractivity contribution < 1.29 is 0 Å². The first-order valence-electron chi connectivity index (χ1n) is 7.05. The summed E-state index contributed by atoms with van der Waals surface area (Å²) < 4.78 is 0. The molecule has 0 amide bonds. The van der Waals surface area contributed by atoms with Gasteiger partial charge in [0.05, 0.1) is 0 Å². The Hall–Kier alpha value is -0.780. The second kappa shape index (κ2) is 6.59. The fourth-order valence-corrected chi connectivity index (χ4v) is 2.65. The van der Waals surface area contributed by atoms with E-state index in [1.54, 1.807) is 0 Å². The summed E-state index contributed by atoms with van der Waals surface area (Å²) in [6.07, 6.45) is 5.06. The number of para-hydroxylation sites is 1. The molecule has 1 saturated carbocycles. The number of anilines is 1. The van der Waals surface area contributed by atoms with E-state index in [2.05, 4.69) is 46.4 Å². The molecule has 2 aliphatic rings. The van der Waals surface area contributed by atoms with Crippen LogP contribution in [0, 0.1) is 0 Å². The van der Waals surface area contributed by atoms with Crippen molar-refractivity contribution in [3.8, 4) is 0 Å². The van der Waals surface area contributed by atoms with E-state index in [4.69, 9.17) is 0 Å². The van der Waals surface area contributed by atoms with Crippen LogP contribution in [0.2, 0.25) is 0 Å². The van der Waals surface area contributed by atoms with Gasteiger partial charge in [-0.3, -0.25) is 4.99 Å². The van der Waals surface area contributed by atoms with Gasteiger partial charge in [0, 0.05) is 24.8 Å². The van der Waals surface area contributed by atoms with Crippen molar-refractivity contribution in [1.29, 1.82) is 0 Å². The van der Waals surface area contributed by atoms with Gasteiger partial charge in [0.2, 0.25) is 0 Å². The average molecular weight is 371 g/mol. The summed E-state index contributed by atoms with van der Waals surface area (Å²) in [6.45, 7) is 4.00. The van der Waals surface area contributed by atoms with Crippen molar-refractivity contribution in [3.63, 3.8) is 0 Å². The first-order chi connectivity index (χ1) is 8.88. The Balaban J connectivity index is 0.00000133. The highest BCUT2D eigenvalue weighted by Crippen LogP contribution is 2.28. The summed E-state index contributed by atoms with van der Waals surface area (Å²) in [5, 5.41) is 3.61. The van der Waals surface area contributed by atoms with Gasteiger partial charge in [-0.2, -0.15) is 0 Å². The zero-order valence-electron chi connectivity index (χ0n) is 11.4. The minimum atomic E-state index is 0. The fourth-order valence-electron chi connectivity index (χ4n) is 2.65. The van der Waals surface area contributed by atoms with Crippen LogP contribution in [-0.2, 0) is 6.42 Å². The number of fused-ring (bicyclic) bond motifs is 1. The fraction of sp³-hybridized carbons (Fsp3) is 0.533. The summed E-state index contributed by atoms with van der Waals surface area (Å²) >= 11 is 0. The first-order valence-corrected chi connectivity index (χ1v) is 7.05. The van der Waals surface area contributed by atoms with Crippen LogP contribution in [0.1, 0.15) is 31.7 Å². The predicted octanol–water partition coefficient (Wildman–Crippen LogP) is 3.19. The van der Waals surface area contributed by atoms with Gasteiger partial charge < -0.3 is 10.2 Å². The van der Waals surface area contributed by atoms with Gasteiger partial charge >= 0.3 is 0 Å². The molecule has 0 unspecified atom stereocenters. The van der Waals surface area contributed by atoms with Crippen LogP contribution >= 0.6 is 24.0 Å². The molecule has 0 aromatic heterocycles. The number of benzene rings is 1. The normalized spacial score (nSPS) is 18.6. The molecule has 1 N–H and O–H groups in total. The number of nitrogens with zero attached hydrogens (tertiary/aromatic N) is 2. The van der Waals surface area contributed by atoms with Gasteiger partial charge in [0.25, 0.3) is 0 Å². The van der Waals surface area contributed by atoms with E-state index in [1.165, 1.54) is 30.5 Å². The van der Waals surface area contributed by atoms with Crippen LogP contribution in [0.15, 0.2) is 29.3 Å². The predicted molar refractivity (Wildman–Crippen MR) is 91.7 cm³/mol. The van der Waals surface area contributed by atoms with Gasteiger partial charge in [-0.15, -0.1) is 24.0 Å². The maximum absolute atomic E-state index is 4.66. The van der Waals surface area contributed by atoms with Gasteiger partial charge in [0.1, 0.15) is 0 Å². The number of nitrogens with one attached hydrogen (secondary N) is 1. The van der Waals surface area contributed by atoms with Gasteiger partial charge in [0.15, 0.2) is 5.96 Å².